The van der Waals surface area contributed by atoms with E-state index < -0.39 is 0 Å². The number of nitrogens with one attached hydrogen (secondary N) is 1. The van der Waals surface area contributed by atoms with Gasteiger partial charge >= 0.3 is 0 Å². The zero-order valence-corrected chi connectivity index (χ0v) is 13.1. The fourth-order valence-corrected chi connectivity index (χ4v) is 2.71. The molecule has 0 saturated carbocycles. The maximum Gasteiger partial charge on any atom is 0.226 e. The highest BCUT2D eigenvalue weighted by atomic mass is 16.5. The summed E-state index contributed by atoms with van der Waals surface area (Å²) in [6, 6.07) is 8.39. The molecule has 1 saturated heterocycles. The summed E-state index contributed by atoms with van der Waals surface area (Å²) in [6.07, 6.45) is 2.82. The molecular weight excluding hydrogens is 264 g/mol. The molecule has 1 aliphatic heterocycles. The lowest BCUT2D eigenvalue weighted by Crippen LogP contribution is -2.41. The van der Waals surface area contributed by atoms with Crippen molar-refractivity contribution in [1.29, 1.82) is 0 Å². The van der Waals surface area contributed by atoms with Crippen molar-refractivity contribution in [2.75, 3.05) is 26.2 Å². The van der Waals surface area contributed by atoms with Gasteiger partial charge in [0.1, 0.15) is 5.75 Å². The van der Waals surface area contributed by atoms with Gasteiger partial charge in [0, 0.05) is 19.1 Å². The van der Waals surface area contributed by atoms with Crippen molar-refractivity contribution >= 4 is 5.91 Å². The van der Waals surface area contributed by atoms with Gasteiger partial charge in [-0.3, -0.25) is 4.79 Å². The third kappa shape index (κ3) is 5.05. The normalized spacial score (nSPS) is 17.7. The van der Waals surface area contributed by atoms with E-state index in [0.29, 0.717) is 19.1 Å². The van der Waals surface area contributed by atoms with Crippen LogP contribution in [0.3, 0.4) is 0 Å². The van der Waals surface area contributed by atoms with Crippen LogP contribution in [0.2, 0.25) is 0 Å². The molecule has 116 valence electrons. The minimum absolute atomic E-state index is 0.179. The molecule has 0 aliphatic carbocycles. The van der Waals surface area contributed by atoms with Gasteiger partial charge in [-0.1, -0.05) is 12.1 Å². The average Bonchev–Trinajstić information content (AvgIpc) is 2.97. The minimum atomic E-state index is 0.179. The molecule has 0 bridgehead atoms. The summed E-state index contributed by atoms with van der Waals surface area (Å²) in [5.41, 5.74) is 1.17. The van der Waals surface area contributed by atoms with Crippen LogP contribution in [0, 0.1) is 6.92 Å². The first-order chi connectivity index (χ1) is 10.2. The molecule has 1 N–H and O–H groups in total. The van der Waals surface area contributed by atoms with E-state index in [-0.39, 0.29) is 5.91 Å². The SMILES string of the molecule is CCN(CC1CCCN1)C(=O)CCOc1cccc(C)c1. The zero-order valence-electron chi connectivity index (χ0n) is 13.1. The zero-order chi connectivity index (χ0) is 15.1. The molecule has 1 amide bonds. The number of hydrogen-bond acceptors (Lipinski definition) is 3. The van der Waals surface area contributed by atoms with Crippen molar-refractivity contribution in [3.05, 3.63) is 29.8 Å². The molecule has 2 rings (SSSR count). The highest BCUT2D eigenvalue weighted by Gasteiger charge is 2.20. The standard InChI is InChI=1S/C17H26N2O2/c1-3-19(13-15-7-5-10-18-15)17(20)9-11-21-16-8-4-6-14(2)12-16/h4,6,8,12,15,18H,3,5,7,9-11,13H2,1-2H3. The van der Waals surface area contributed by atoms with E-state index in [2.05, 4.69) is 5.32 Å². The van der Waals surface area contributed by atoms with Crippen LogP contribution < -0.4 is 10.1 Å². The van der Waals surface area contributed by atoms with Crippen molar-refractivity contribution in [1.82, 2.24) is 10.2 Å². The molecule has 1 unspecified atom stereocenters. The van der Waals surface area contributed by atoms with Crippen LogP contribution in [-0.2, 0) is 4.79 Å². The first kappa shape index (κ1) is 15.8. The second-order valence-electron chi connectivity index (χ2n) is 5.64. The Labute approximate surface area is 127 Å². The molecule has 1 aromatic carbocycles. The number of hydrogen-bond donors (Lipinski definition) is 1. The molecule has 1 aliphatic rings. The summed E-state index contributed by atoms with van der Waals surface area (Å²) >= 11 is 0. The van der Waals surface area contributed by atoms with Gasteiger partial charge in [0.2, 0.25) is 5.91 Å². The smallest absolute Gasteiger partial charge is 0.226 e. The quantitative estimate of drug-likeness (QED) is 0.838. The Kier molecular flexibility index (Phi) is 6.05. The predicted molar refractivity (Wildman–Crippen MR) is 84.6 cm³/mol. The second-order valence-corrected chi connectivity index (χ2v) is 5.64. The number of ether oxygens (including phenoxy) is 1. The number of aryl methyl sites for hydroxylation is 1. The Hall–Kier alpha value is -1.55. The lowest BCUT2D eigenvalue weighted by Gasteiger charge is -2.24. The fraction of sp³-hybridized carbons (Fsp3) is 0.588. The number of benzene rings is 1. The third-order valence-corrected chi connectivity index (χ3v) is 3.91. The maximum atomic E-state index is 12.2. The van der Waals surface area contributed by atoms with Crippen molar-refractivity contribution in [2.24, 2.45) is 0 Å². The van der Waals surface area contributed by atoms with Gasteiger partial charge in [-0.05, 0) is 50.9 Å². The van der Waals surface area contributed by atoms with E-state index in [4.69, 9.17) is 4.74 Å². The largest absolute Gasteiger partial charge is 0.493 e. The van der Waals surface area contributed by atoms with E-state index in [1.807, 2.05) is 43.0 Å². The van der Waals surface area contributed by atoms with E-state index in [1.165, 1.54) is 18.4 Å². The van der Waals surface area contributed by atoms with E-state index >= 15 is 0 Å². The number of carbonyl (C=O) groups excluding carboxylic acids is 1. The van der Waals surface area contributed by atoms with Crippen LogP contribution >= 0.6 is 0 Å². The fourth-order valence-electron chi connectivity index (χ4n) is 2.71. The number of amides is 1. The monoisotopic (exact) mass is 290 g/mol. The van der Waals surface area contributed by atoms with Crippen LogP contribution in [-0.4, -0.2) is 43.1 Å². The summed E-state index contributed by atoms with van der Waals surface area (Å²) in [4.78, 5) is 14.2. The van der Waals surface area contributed by atoms with E-state index in [1.54, 1.807) is 0 Å². The van der Waals surface area contributed by atoms with Gasteiger partial charge < -0.3 is 15.0 Å². The first-order valence-corrected chi connectivity index (χ1v) is 7.89. The predicted octanol–water partition coefficient (Wildman–Crippen LogP) is 2.36. The molecule has 4 heteroatoms. The van der Waals surface area contributed by atoms with Crippen molar-refractivity contribution in [3.63, 3.8) is 0 Å². The minimum Gasteiger partial charge on any atom is -0.493 e. The second kappa shape index (κ2) is 8.03. The summed E-state index contributed by atoms with van der Waals surface area (Å²) < 4.78 is 5.66. The van der Waals surface area contributed by atoms with Crippen LogP contribution in [0.15, 0.2) is 24.3 Å². The van der Waals surface area contributed by atoms with Crippen molar-refractivity contribution in [3.8, 4) is 5.75 Å². The van der Waals surface area contributed by atoms with Crippen LogP contribution in [0.5, 0.6) is 5.75 Å². The molecule has 21 heavy (non-hydrogen) atoms. The Morgan fingerprint density at radius 1 is 1.48 bits per heavy atom. The van der Waals surface area contributed by atoms with Crippen LogP contribution in [0.1, 0.15) is 31.7 Å². The number of likely N-dealkylation sites (N-methyl/N-ethyl adjacent to an activating group) is 1. The maximum absolute atomic E-state index is 12.2. The highest BCUT2D eigenvalue weighted by molar-refractivity contribution is 5.76. The molecule has 4 nitrogen and oxygen atoms in total. The van der Waals surface area contributed by atoms with Crippen molar-refractivity contribution in [2.45, 2.75) is 39.2 Å². The lowest BCUT2D eigenvalue weighted by atomic mass is 10.2. The topological polar surface area (TPSA) is 41.6 Å². The van der Waals surface area contributed by atoms with Crippen molar-refractivity contribution < 1.29 is 9.53 Å². The van der Waals surface area contributed by atoms with Gasteiger partial charge in [-0.25, -0.2) is 0 Å². The summed E-state index contributed by atoms with van der Waals surface area (Å²) in [7, 11) is 0. The number of rotatable bonds is 7. The van der Waals surface area contributed by atoms with Gasteiger partial charge in [0.15, 0.2) is 0 Å². The molecule has 1 heterocycles. The van der Waals surface area contributed by atoms with Crippen LogP contribution in [0.25, 0.3) is 0 Å². The molecule has 1 atom stereocenters. The van der Waals surface area contributed by atoms with E-state index in [9.17, 15) is 4.79 Å². The molecule has 1 aromatic rings. The molecule has 0 aromatic heterocycles. The van der Waals surface area contributed by atoms with Gasteiger partial charge in [0.05, 0.1) is 13.0 Å². The molecule has 0 radical (unpaired) electrons. The Morgan fingerprint density at radius 3 is 3.00 bits per heavy atom. The van der Waals surface area contributed by atoms with Gasteiger partial charge in [-0.2, -0.15) is 0 Å². The van der Waals surface area contributed by atoms with Gasteiger partial charge in [0.25, 0.3) is 0 Å². The number of nitrogens with zero attached hydrogens (tertiary/aromatic N) is 1. The average molecular weight is 290 g/mol. The first-order valence-electron chi connectivity index (χ1n) is 7.89. The highest BCUT2D eigenvalue weighted by Crippen LogP contribution is 2.13. The van der Waals surface area contributed by atoms with Crippen LogP contribution in [0.4, 0.5) is 0 Å². The lowest BCUT2D eigenvalue weighted by molar-refractivity contribution is -0.131. The van der Waals surface area contributed by atoms with Gasteiger partial charge in [-0.15, -0.1) is 0 Å². The molecular formula is C17H26N2O2. The summed E-state index contributed by atoms with van der Waals surface area (Å²) in [5, 5.41) is 3.44. The Morgan fingerprint density at radius 2 is 2.33 bits per heavy atom. The van der Waals surface area contributed by atoms with E-state index in [0.717, 1.165) is 25.4 Å². The summed E-state index contributed by atoms with van der Waals surface area (Å²) in [5.74, 6) is 1.02. The Balaban J connectivity index is 1.74. The Bertz CT molecular complexity index is 456. The number of carbonyl (C=O) groups is 1. The third-order valence-electron chi connectivity index (χ3n) is 3.91. The summed E-state index contributed by atoms with van der Waals surface area (Å²) in [6.45, 7) is 7.17. The molecule has 1 fully saturated rings. The molecule has 0 spiro atoms.